The molecule has 0 radical (unpaired) electrons. The topological polar surface area (TPSA) is 500 Å². The Morgan fingerprint density at radius 2 is 0.651 bits per heavy atom. The average Bonchev–Trinajstić information content (AvgIpc) is 3.65. The van der Waals surface area contributed by atoms with Gasteiger partial charge in [-0.2, -0.15) is 0 Å². The largest absolute Gasteiger partial charge is 0.394 e. The molecule has 4 fully saturated rings. The van der Waals surface area contributed by atoms with Crippen LogP contribution in [0.3, 0.4) is 0 Å². The van der Waals surface area contributed by atoms with E-state index in [2.05, 4.69) is 10.6 Å². The summed E-state index contributed by atoms with van der Waals surface area (Å²) in [6.45, 7) is -1.53. The summed E-state index contributed by atoms with van der Waals surface area (Å²) in [7, 11) is 0. The first-order valence-electron chi connectivity index (χ1n) is 28.1. The van der Waals surface area contributed by atoms with Crippen molar-refractivity contribution in [2.75, 3.05) is 112 Å². The number of nitrogens with one attached hydrogen (secondary N) is 2. The van der Waals surface area contributed by atoms with Gasteiger partial charge in [0.2, 0.25) is 23.6 Å². The van der Waals surface area contributed by atoms with Crippen LogP contribution in [0.2, 0.25) is 0 Å². The van der Waals surface area contributed by atoms with Crippen molar-refractivity contribution in [2.45, 2.75) is 181 Å². The average molecular weight is 1210 g/mol. The van der Waals surface area contributed by atoms with Gasteiger partial charge >= 0.3 is 0 Å². The molecule has 20 atom stereocenters. The molecule has 33 nitrogen and oxygen atoms in total. The van der Waals surface area contributed by atoms with Gasteiger partial charge in [-0.15, -0.1) is 0 Å². The van der Waals surface area contributed by atoms with E-state index in [9.17, 15) is 101 Å². The van der Waals surface area contributed by atoms with Crippen LogP contribution in [0.4, 0.5) is 0 Å². The summed E-state index contributed by atoms with van der Waals surface area (Å²) in [6.07, 6.45) is -27.7. The van der Waals surface area contributed by atoms with Crippen LogP contribution < -0.4 is 10.6 Å². The zero-order valence-corrected chi connectivity index (χ0v) is 46.6. The number of carbonyl (C=O) groups is 4. The lowest BCUT2D eigenvalue weighted by Crippen LogP contribution is -2.59. The zero-order valence-electron chi connectivity index (χ0n) is 46.6. The summed E-state index contributed by atoms with van der Waals surface area (Å²) in [4.78, 5) is 56.8. The Hall–Kier alpha value is -3.12. The molecule has 4 aliphatic heterocycles. The van der Waals surface area contributed by atoms with Crippen LogP contribution in [0.1, 0.15) is 58.3 Å². The maximum absolute atomic E-state index is 13.4. The minimum absolute atomic E-state index is 0.0358. The number of nitrogens with zero attached hydrogens (tertiary/aromatic N) is 3. The van der Waals surface area contributed by atoms with Gasteiger partial charge < -0.3 is 140 Å². The van der Waals surface area contributed by atoms with Gasteiger partial charge in [-0.1, -0.05) is 19.8 Å². The Kier molecular flexibility index (Phi) is 32.7. The predicted octanol–water partition coefficient (Wildman–Crippen LogP) is -10.4. The third-order valence-corrected chi connectivity index (χ3v) is 14.6. The van der Waals surface area contributed by atoms with E-state index in [-0.39, 0.29) is 115 Å². The fourth-order valence-corrected chi connectivity index (χ4v) is 9.38. The molecule has 484 valence electrons. The van der Waals surface area contributed by atoms with Gasteiger partial charge in [-0.3, -0.25) is 24.1 Å². The fraction of sp³-hybridized carbons (Fsp3) is 0.920. The summed E-state index contributed by atoms with van der Waals surface area (Å²) in [6, 6.07) is 0. The van der Waals surface area contributed by atoms with E-state index >= 15 is 0 Å². The van der Waals surface area contributed by atoms with Crippen molar-refractivity contribution in [1.82, 2.24) is 25.3 Å². The van der Waals surface area contributed by atoms with E-state index in [1.807, 2.05) is 0 Å². The summed E-state index contributed by atoms with van der Waals surface area (Å²) < 4.78 is 43.8. The minimum atomic E-state index is -1.69. The highest BCUT2D eigenvalue weighted by atomic mass is 16.7. The molecule has 0 aromatic heterocycles. The number of carbonyl (C=O) groups excluding carboxylic acids is 4. The number of aliphatic hydroxyl groups is 16. The molecule has 0 saturated carbocycles. The van der Waals surface area contributed by atoms with Crippen molar-refractivity contribution in [2.24, 2.45) is 0 Å². The molecule has 83 heavy (non-hydrogen) atoms. The number of rotatable bonds is 37. The highest BCUT2D eigenvalue weighted by Gasteiger charge is 2.47. The molecule has 4 amide bonds. The van der Waals surface area contributed by atoms with Crippen LogP contribution in [0.5, 0.6) is 0 Å². The van der Waals surface area contributed by atoms with Gasteiger partial charge in [0.05, 0.1) is 65.9 Å². The number of likely N-dealkylation sites (N-methyl/N-ethyl adjacent to an activating group) is 1. The number of unbranched alkanes of at least 4 members (excludes halogenated alkanes) is 4. The molecule has 4 saturated heterocycles. The van der Waals surface area contributed by atoms with E-state index in [4.69, 9.17) is 37.9 Å². The summed E-state index contributed by atoms with van der Waals surface area (Å²) in [5.41, 5.74) is 0. The number of amides is 4. The molecule has 0 bridgehead atoms. The second-order valence-electron chi connectivity index (χ2n) is 20.7. The Morgan fingerprint density at radius 1 is 0.386 bits per heavy atom. The first-order chi connectivity index (χ1) is 39.6. The van der Waals surface area contributed by atoms with Crippen molar-refractivity contribution in [3.8, 4) is 0 Å². The fourth-order valence-electron chi connectivity index (χ4n) is 9.38. The number of hydrogen-bond donors (Lipinski definition) is 18. The van der Waals surface area contributed by atoms with Crippen LogP contribution in [0.15, 0.2) is 0 Å². The summed E-state index contributed by atoms with van der Waals surface area (Å²) in [5, 5.41) is 166. The molecule has 18 N–H and O–H groups in total. The molecular weight excluding hydrogens is 1120 g/mol. The molecule has 4 rings (SSSR count). The lowest BCUT2D eigenvalue weighted by atomic mass is 9.99. The van der Waals surface area contributed by atoms with Crippen LogP contribution in [-0.4, -0.2) is 355 Å². The van der Waals surface area contributed by atoms with Gasteiger partial charge in [-0.25, -0.2) is 0 Å². The zero-order chi connectivity index (χ0) is 61.3. The molecule has 4 heterocycles. The van der Waals surface area contributed by atoms with Crippen LogP contribution >= 0.6 is 0 Å². The van der Waals surface area contributed by atoms with E-state index in [0.29, 0.717) is 45.1 Å². The van der Waals surface area contributed by atoms with Gasteiger partial charge in [0.25, 0.3) is 0 Å². The maximum atomic E-state index is 13.4. The number of aliphatic hydroxyl groups excluding tert-OH is 16. The van der Waals surface area contributed by atoms with Gasteiger partial charge in [0, 0.05) is 52.1 Å². The standard InChI is InChI=1S/C50H91N5O28/c1-2-53(21-31(60)51-11-7-3-5-9-33(62)54(13-17-76-47-43(72)39(68)35(64)27(23-56)80-47)14-18-77-48-44(73)40(69)36(65)28(24-57)81-48)22-32(61)52-12-8-4-6-10-34(63)55(15-19-78-49-45(74)41(70)37(66)29(25-58)82-49)16-20-79-50-46(75)42(71)38(67)30(26-59)83-50/h27-30,35-50,56-59,64-75H,2-26H2,1H3,(H,51,60)(H,52,61)/t27-,28-,29-,30-,35-,36-,37-,38-,39+,40+,41+,42+,43+,44+,45+,46+,47+,48+,49+,50+/m1/s1. The summed E-state index contributed by atoms with van der Waals surface area (Å²) >= 11 is 0. The van der Waals surface area contributed by atoms with Gasteiger partial charge in [0.1, 0.15) is 97.7 Å². The van der Waals surface area contributed by atoms with Gasteiger partial charge in [0.15, 0.2) is 25.2 Å². The Morgan fingerprint density at radius 3 is 0.892 bits per heavy atom. The Labute approximate surface area is 479 Å². The van der Waals surface area contributed by atoms with E-state index in [1.54, 1.807) is 11.8 Å². The summed E-state index contributed by atoms with van der Waals surface area (Å²) in [5.74, 6) is -1.40. The lowest BCUT2D eigenvalue weighted by Gasteiger charge is -2.40. The third kappa shape index (κ3) is 22.2. The Balaban J connectivity index is 1.15. The first kappa shape index (κ1) is 72.4. The molecule has 0 aromatic carbocycles. The monoisotopic (exact) mass is 1210 g/mol. The Bertz CT molecular complexity index is 1660. The van der Waals surface area contributed by atoms with Crippen molar-refractivity contribution in [3.63, 3.8) is 0 Å². The molecule has 0 unspecified atom stereocenters. The molecule has 0 aliphatic carbocycles. The minimum Gasteiger partial charge on any atom is -0.394 e. The van der Waals surface area contributed by atoms with Crippen LogP contribution in [0.25, 0.3) is 0 Å². The lowest BCUT2D eigenvalue weighted by molar-refractivity contribution is -0.303. The van der Waals surface area contributed by atoms with Crippen LogP contribution in [-0.2, 0) is 57.1 Å². The molecular formula is C50H91N5O28. The van der Waals surface area contributed by atoms with E-state index < -0.39 is 149 Å². The normalized spacial score (nSPS) is 33.9. The smallest absolute Gasteiger partial charge is 0.234 e. The highest BCUT2D eigenvalue weighted by Crippen LogP contribution is 2.26. The third-order valence-electron chi connectivity index (χ3n) is 14.6. The van der Waals surface area contributed by atoms with Gasteiger partial charge in [-0.05, 0) is 32.2 Å². The first-order valence-corrected chi connectivity index (χ1v) is 28.1. The van der Waals surface area contributed by atoms with Crippen molar-refractivity contribution < 1.29 is 139 Å². The van der Waals surface area contributed by atoms with E-state index in [1.165, 1.54) is 9.80 Å². The van der Waals surface area contributed by atoms with Crippen LogP contribution in [0, 0.1) is 0 Å². The van der Waals surface area contributed by atoms with Crippen molar-refractivity contribution >= 4 is 23.6 Å². The highest BCUT2D eigenvalue weighted by molar-refractivity contribution is 5.81. The maximum Gasteiger partial charge on any atom is 0.234 e. The van der Waals surface area contributed by atoms with Crippen molar-refractivity contribution in [1.29, 1.82) is 0 Å². The molecule has 0 aromatic rings. The second kappa shape index (κ2) is 37.5. The van der Waals surface area contributed by atoms with E-state index in [0.717, 1.165) is 0 Å². The van der Waals surface area contributed by atoms with Crippen molar-refractivity contribution in [3.05, 3.63) is 0 Å². The number of hydrogen-bond acceptors (Lipinski definition) is 29. The molecule has 0 spiro atoms. The molecule has 4 aliphatic rings. The predicted molar refractivity (Wildman–Crippen MR) is 277 cm³/mol. The number of ether oxygens (including phenoxy) is 8. The SMILES string of the molecule is CCN(CC(=O)NCCCCCC(=O)N(CCO[C@H]1O[C@H](CO)[C@@H](O)[C@H](O)[C@@H]1O)CCO[C@H]1O[C@H](CO)[C@@H](O)[C@H](O)[C@@H]1O)CC(=O)NCCCCCC(=O)N(CCO[C@H]1O[C@H](CO)[C@@H](O)[C@H](O)[C@@H]1O)CCO[C@H]1O[C@H](CO)[C@@H](O)[C@H](O)[C@@H]1O. The quantitative estimate of drug-likeness (QED) is 0.0257. The second-order valence-corrected chi connectivity index (χ2v) is 20.7. The molecule has 33 heteroatoms.